The third kappa shape index (κ3) is 2.85. The van der Waals surface area contributed by atoms with Crippen molar-refractivity contribution < 1.29 is 9.53 Å². The van der Waals surface area contributed by atoms with Crippen molar-refractivity contribution in [1.82, 2.24) is 0 Å². The highest BCUT2D eigenvalue weighted by Gasteiger charge is 2.21. The van der Waals surface area contributed by atoms with Gasteiger partial charge in [0.25, 0.3) is 0 Å². The molecule has 1 aromatic carbocycles. The summed E-state index contributed by atoms with van der Waals surface area (Å²) in [6.07, 6.45) is 0. The predicted octanol–water partition coefficient (Wildman–Crippen LogP) is 4.90. The van der Waals surface area contributed by atoms with Crippen molar-refractivity contribution in [2.75, 3.05) is 12.3 Å². The Labute approximate surface area is 134 Å². The van der Waals surface area contributed by atoms with Gasteiger partial charge in [-0.2, -0.15) is 0 Å². The Morgan fingerprint density at radius 3 is 2.80 bits per heavy atom. The second kappa shape index (κ2) is 6.16. The number of nitrogen functional groups attached to an aromatic ring is 1. The highest BCUT2D eigenvalue weighted by atomic mass is 79.9. The number of nitrogens with two attached hydrogens (primary N) is 1. The molecule has 2 aromatic rings. The first-order valence-corrected chi connectivity index (χ1v) is 7.95. The lowest BCUT2D eigenvalue weighted by atomic mass is 10.1. The van der Waals surface area contributed by atoms with Gasteiger partial charge in [0.2, 0.25) is 0 Å². The minimum atomic E-state index is -0.391. The van der Waals surface area contributed by atoms with E-state index in [0.717, 1.165) is 20.5 Å². The lowest BCUT2D eigenvalue weighted by molar-refractivity contribution is 0.0533. The highest BCUT2D eigenvalue weighted by Crippen LogP contribution is 2.41. The molecule has 20 heavy (non-hydrogen) atoms. The second-order valence-corrected chi connectivity index (χ2v) is 6.49. The summed E-state index contributed by atoms with van der Waals surface area (Å²) in [6, 6.07) is 5.62. The Balaban J connectivity index is 2.53. The van der Waals surface area contributed by atoms with E-state index in [9.17, 15) is 4.79 Å². The summed E-state index contributed by atoms with van der Waals surface area (Å²) in [5.74, 6) is -0.391. The van der Waals surface area contributed by atoms with Crippen LogP contribution in [0.3, 0.4) is 0 Å². The van der Waals surface area contributed by atoms with Gasteiger partial charge in [-0.05, 0) is 31.5 Å². The number of rotatable bonds is 3. The maximum atomic E-state index is 11.9. The van der Waals surface area contributed by atoms with Gasteiger partial charge in [-0.15, -0.1) is 11.3 Å². The van der Waals surface area contributed by atoms with E-state index in [-0.39, 0.29) is 0 Å². The van der Waals surface area contributed by atoms with Crippen LogP contribution in [-0.2, 0) is 4.74 Å². The quantitative estimate of drug-likeness (QED) is 0.778. The molecule has 0 bridgehead atoms. The number of ether oxygens (including phenoxy) is 1. The van der Waals surface area contributed by atoms with Gasteiger partial charge in [-0.1, -0.05) is 33.6 Å². The zero-order chi connectivity index (χ0) is 14.9. The van der Waals surface area contributed by atoms with Crippen LogP contribution in [-0.4, -0.2) is 12.6 Å². The van der Waals surface area contributed by atoms with Crippen LogP contribution in [0, 0.1) is 6.92 Å². The number of hydrogen-bond donors (Lipinski definition) is 1. The number of thiophene rings is 1. The number of halogens is 2. The molecule has 0 saturated heterocycles. The topological polar surface area (TPSA) is 52.3 Å². The molecule has 0 aliphatic heterocycles. The van der Waals surface area contributed by atoms with Gasteiger partial charge in [0.05, 0.1) is 17.3 Å². The summed E-state index contributed by atoms with van der Waals surface area (Å²) in [5, 5.41) is 0.610. The van der Waals surface area contributed by atoms with E-state index in [2.05, 4.69) is 15.9 Å². The maximum Gasteiger partial charge on any atom is 0.350 e. The SMILES string of the molecule is CCOC(=O)c1sc(-c2ccc(Br)cc2Cl)c(C)c1N. The van der Waals surface area contributed by atoms with Crippen LogP contribution in [0.4, 0.5) is 5.69 Å². The van der Waals surface area contributed by atoms with Crippen LogP contribution in [0.5, 0.6) is 0 Å². The van der Waals surface area contributed by atoms with E-state index < -0.39 is 5.97 Å². The van der Waals surface area contributed by atoms with E-state index in [1.165, 1.54) is 11.3 Å². The summed E-state index contributed by atoms with van der Waals surface area (Å²) < 4.78 is 5.92. The Morgan fingerprint density at radius 1 is 1.50 bits per heavy atom. The average Bonchev–Trinajstić information content (AvgIpc) is 2.67. The van der Waals surface area contributed by atoms with Gasteiger partial charge < -0.3 is 10.5 Å². The number of hydrogen-bond acceptors (Lipinski definition) is 4. The fourth-order valence-corrected chi connectivity index (χ4v) is 3.79. The largest absolute Gasteiger partial charge is 0.462 e. The molecular formula is C14H13BrClNO2S. The molecular weight excluding hydrogens is 362 g/mol. The molecule has 0 fully saturated rings. The average molecular weight is 375 g/mol. The van der Waals surface area contributed by atoms with Crippen molar-refractivity contribution in [2.45, 2.75) is 13.8 Å². The molecule has 0 saturated carbocycles. The number of esters is 1. The van der Waals surface area contributed by atoms with Gasteiger partial charge >= 0.3 is 5.97 Å². The molecule has 3 nitrogen and oxygen atoms in total. The van der Waals surface area contributed by atoms with Crippen molar-refractivity contribution in [3.05, 3.63) is 38.1 Å². The van der Waals surface area contributed by atoms with Crippen LogP contribution in [0.1, 0.15) is 22.2 Å². The van der Waals surface area contributed by atoms with E-state index in [0.29, 0.717) is 22.2 Å². The first-order valence-electron chi connectivity index (χ1n) is 5.97. The molecule has 2 rings (SSSR count). The Hall–Kier alpha value is -1.04. The van der Waals surface area contributed by atoms with Crippen LogP contribution >= 0.6 is 38.9 Å². The third-order valence-corrected chi connectivity index (χ3v) is 4.96. The Bertz CT molecular complexity index is 669. The number of benzene rings is 1. The fraction of sp³-hybridized carbons (Fsp3) is 0.214. The molecule has 1 heterocycles. The van der Waals surface area contributed by atoms with Crippen LogP contribution in [0.25, 0.3) is 10.4 Å². The predicted molar refractivity (Wildman–Crippen MR) is 87.6 cm³/mol. The summed E-state index contributed by atoms with van der Waals surface area (Å²) in [5.41, 5.74) is 8.18. The highest BCUT2D eigenvalue weighted by molar-refractivity contribution is 9.10. The first-order chi connectivity index (χ1) is 9.45. The molecule has 0 radical (unpaired) electrons. The lowest BCUT2D eigenvalue weighted by Gasteiger charge is -2.03. The molecule has 0 aliphatic carbocycles. The van der Waals surface area contributed by atoms with Crippen molar-refractivity contribution in [1.29, 1.82) is 0 Å². The molecule has 6 heteroatoms. The van der Waals surface area contributed by atoms with E-state index in [1.807, 2.05) is 25.1 Å². The monoisotopic (exact) mass is 373 g/mol. The smallest absolute Gasteiger partial charge is 0.350 e. The molecule has 1 aromatic heterocycles. The molecule has 0 amide bonds. The van der Waals surface area contributed by atoms with Gasteiger partial charge in [0.1, 0.15) is 4.88 Å². The van der Waals surface area contributed by atoms with Gasteiger partial charge in [-0.25, -0.2) is 4.79 Å². The normalized spacial score (nSPS) is 10.6. The second-order valence-electron chi connectivity index (χ2n) is 4.14. The van der Waals surface area contributed by atoms with Crippen molar-refractivity contribution in [3.63, 3.8) is 0 Å². The lowest BCUT2D eigenvalue weighted by Crippen LogP contribution is -2.05. The van der Waals surface area contributed by atoms with Crippen molar-refractivity contribution in [3.8, 4) is 10.4 Å². The third-order valence-electron chi connectivity index (χ3n) is 2.83. The minimum absolute atomic E-state index is 0.323. The Morgan fingerprint density at radius 2 is 2.20 bits per heavy atom. The molecule has 2 N–H and O–H groups in total. The van der Waals surface area contributed by atoms with Crippen LogP contribution in [0.2, 0.25) is 5.02 Å². The number of carbonyl (C=O) groups excluding carboxylic acids is 1. The minimum Gasteiger partial charge on any atom is -0.462 e. The van der Waals surface area contributed by atoms with Crippen LogP contribution in [0.15, 0.2) is 22.7 Å². The first kappa shape index (κ1) is 15.4. The van der Waals surface area contributed by atoms with Crippen LogP contribution < -0.4 is 5.73 Å². The van der Waals surface area contributed by atoms with Crippen molar-refractivity contribution >= 4 is 50.5 Å². The molecule has 0 unspecified atom stereocenters. The molecule has 0 spiro atoms. The zero-order valence-corrected chi connectivity index (χ0v) is 14.2. The standard InChI is InChI=1S/C14H13BrClNO2S/c1-3-19-14(18)13-11(17)7(2)12(20-13)9-5-4-8(15)6-10(9)16/h4-6H,3,17H2,1-2H3. The summed E-state index contributed by atoms with van der Waals surface area (Å²) in [6.45, 7) is 3.97. The fourth-order valence-electron chi connectivity index (χ4n) is 1.81. The van der Waals surface area contributed by atoms with E-state index in [1.54, 1.807) is 6.92 Å². The van der Waals surface area contributed by atoms with Gasteiger partial charge in [-0.3, -0.25) is 0 Å². The number of carbonyl (C=O) groups is 1. The maximum absolute atomic E-state index is 11.9. The van der Waals surface area contributed by atoms with Gasteiger partial charge in [0, 0.05) is 14.9 Å². The molecule has 106 valence electrons. The van der Waals surface area contributed by atoms with E-state index in [4.69, 9.17) is 22.1 Å². The summed E-state index contributed by atoms with van der Waals surface area (Å²) >= 11 is 10.9. The summed E-state index contributed by atoms with van der Waals surface area (Å²) in [7, 11) is 0. The molecule has 0 aliphatic rings. The zero-order valence-electron chi connectivity index (χ0n) is 11.0. The summed E-state index contributed by atoms with van der Waals surface area (Å²) in [4.78, 5) is 13.2. The van der Waals surface area contributed by atoms with Gasteiger partial charge in [0.15, 0.2) is 0 Å². The molecule has 0 atom stereocenters. The van der Waals surface area contributed by atoms with Crippen molar-refractivity contribution in [2.24, 2.45) is 0 Å². The Kier molecular flexibility index (Phi) is 4.73. The van der Waals surface area contributed by atoms with E-state index >= 15 is 0 Å². The number of anilines is 1.